The van der Waals surface area contributed by atoms with E-state index in [-0.39, 0.29) is 70.6 Å². The molecule has 2 aliphatic rings. The van der Waals surface area contributed by atoms with Gasteiger partial charge in [-0.05, 0) is 6.92 Å². The van der Waals surface area contributed by atoms with E-state index in [0.717, 1.165) is 16.2 Å². The molecule has 2 aliphatic heterocycles. The van der Waals surface area contributed by atoms with Gasteiger partial charge in [0.05, 0.1) is 6.61 Å². The first-order valence-corrected chi connectivity index (χ1v) is 11.5. The molecule has 17 heteroatoms. The zero-order valence-corrected chi connectivity index (χ0v) is 22.4. The number of carboxylic acid groups (broad SMARTS) is 1. The van der Waals surface area contributed by atoms with Crippen LogP contribution >= 0.6 is 23.1 Å². The van der Waals surface area contributed by atoms with Crippen molar-refractivity contribution in [3.63, 3.8) is 0 Å². The van der Waals surface area contributed by atoms with Crippen LogP contribution in [0.15, 0.2) is 21.8 Å². The summed E-state index contributed by atoms with van der Waals surface area (Å²) >= 11 is 2.19. The molecule has 0 saturated carbocycles. The number of aliphatic carboxylic acids is 1. The average Bonchev–Trinajstić information content (AvgIpc) is 3.21. The second kappa shape index (κ2) is 12.3. The van der Waals surface area contributed by atoms with Crippen molar-refractivity contribution in [1.29, 1.82) is 0 Å². The Balaban J connectivity index is 0.00000432. The van der Waals surface area contributed by atoms with Crippen LogP contribution in [0.5, 0.6) is 0 Å². The fourth-order valence-corrected chi connectivity index (χ4v) is 4.90. The van der Waals surface area contributed by atoms with Gasteiger partial charge in [-0.25, -0.2) is 14.6 Å². The predicted molar refractivity (Wildman–Crippen MR) is 123 cm³/mol. The van der Waals surface area contributed by atoms with Crippen LogP contribution in [0, 0.1) is 0 Å². The van der Waals surface area contributed by atoms with Crippen molar-refractivity contribution in [3.8, 4) is 0 Å². The molecular weight excluding hydrogens is 517 g/mol. The number of amides is 2. The Labute approximate surface area is 228 Å². The number of nitrogens with zero attached hydrogens (tertiary/aromatic N) is 3. The molecular formula is C18H19N5NaO9S2. The zero-order valence-electron chi connectivity index (χ0n) is 18.8. The number of oxime groups is 1. The summed E-state index contributed by atoms with van der Waals surface area (Å²) in [7, 11) is 0. The van der Waals surface area contributed by atoms with E-state index in [1.165, 1.54) is 24.1 Å². The van der Waals surface area contributed by atoms with E-state index in [4.69, 9.17) is 10.5 Å². The number of carbonyl (C=O) groups excluding carboxylic acids is 4. The molecule has 0 spiro atoms. The van der Waals surface area contributed by atoms with Crippen LogP contribution < -0.4 is 11.1 Å². The standard InChI is InChI=1S/C18H19N5O9S2.Na/c1-3-30-18(29)32-22-10(9-6-34-17(19)20-9)13(25)21-11-14(26)23-12(16(27)28)8(4-31-7(2)24)5-33-15(11)23;/h6,11,15H,3-5H2,1-2H3,(H2,19,20)(H,21,25)(H,27,28);/t11?,15-;/m1./s1. The average molecular weight is 537 g/mol. The number of anilines is 1. The van der Waals surface area contributed by atoms with Crippen LogP contribution in [-0.4, -0.2) is 111 Å². The molecule has 1 saturated heterocycles. The van der Waals surface area contributed by atoms with Gasteiger partial charge in [0.2, 0.25) is 0 Å². The third kappa shape index (κ3) is 6.52. The Bertz CT molecular complexity index is 1110. The molecule has 4 N–H and O–H groups in total. The summed E-state index contributed by atoms with van der Waals surface area (Å²) in [5.74, 6) is -3.39. The van der Waals surface area contributed by atoms with Crippen LogP contribution in [0.4, 0.5) is 9.93 Å². The third-order valence-corrected chi connectivity index (χ3v) is 6.45. The van der Waals surface area contributed by atoms with Gasteiger partial charge in [-0.3, -0.25) is 24.1 Å². The number of nitrogens with two attached hydrogens (primary N) is 1. The van der Waals surface area contributed by atoms with E-state index in [1.54, 1.807) is 6.92 Å². The number of rotatable bonds is 8. The molecule has 0 aliphatic carbocycles. The van der Waals surface area contributed by atoms with Gasteiger partial charge >= 0.3 is 18.1 Å². The fourth-order valence-electron chi connectivity index (χ4n) is 3.02. The summed E-state index contributed by atoms with van der Waals surface area (Å²) in [6.45, 7) is 2.47. The second-order valence-electron chi connectivity index (χ2n) is 6.68. The number of thiazole rings is 1. The molecule has 1 unspecified atom stereocenters. The predicted octanol–water partition coefficient (Wildman–Crippen LogP) is -0.477. The number of ether oxygens (including phenoxy) is 2. The molecule has 1 aromatic rings. The van der Waals surface area contributed by atoms with Crippen LogP contribution in [0.25, 0.3) is 0 Å². The quantitative estimate of drug-likeness (QED) is 0.0964. The summed E-state index contributed by atoms with van der Waals surface area (Å²) in [6, 6.07) is -1.09. The molecule has 1 radical (unpaired) electrons. The Hall–Kier alpha value is -2.66. The number of aromatic nitrogens is 1. The van der Waals surface area contributed by atoms with E-state index in [2.05, 4.69) is 25.0 Å². The van der Waals surface area contributed by atoms with E-state index >= 15 is 0 Å². The van der Waals surface area contributed by atoms with E-state index < -0.39 is 47.0 Å². The maximum Gasteiger partial charge on any atom is 0.535 e. The van der Waals surface area contributed by atoms with Gasteiger partial charge in [0, 0.05) is 53.2 Å². The second-order valence-corrected chi connectivity index (χ2v) is 8.68. The molecule has 35 heavy (non-hydrogen) atoms. The van der Waals surface area contributed by atoms with Crippen molar-refractivity contribution >= 4 is 93.4 Å². The van der Waals surface area contributed by atoms with Gasteiger partial charge in [-0.15, -0.1) is 23.1 Å². The van der Waals surface area contributed by atoms with E-state index in [1.807, 2.05) is 0 Å². The van der Waals surface area contributed by atoms with Gasteiger partial charge in [0.25, 0.3) is 11.8 Å². The fraction of sp³-hybridized carbons (Fsp3) is 0.389. The first-order chi connectivity index (χ1) is 16.1. The summed E-state index contributed by atoms with van der Waals surface area (Å²) in [6.07, 6.45) is -1.15. The molecule has 0 bridgehead atoms. The number of thioether (sulfide) groups is 1. The van der Waals surface area contributed by atoms with E-state index in [0.29, 0.717) is 0 Å². The number of carbonyl (C=O) groups is 5. The minimum Gasteiger partial charge on any atom is -0.477 e. The number of nitrogen functional groups attached to an aromatic ring is 1. The van der Waals surface area contributed by atoms with Crippen LogP contribution in [-0.2, 0) is 33.5 Å². The molecule has 1 fully saturated rings. The number of esters is 1. The molecule has 183 valence electrons. The number of nitrogens with one attached hydrogen (secondary N) is 1. The molecule has 3 heterocycles. The normalized spacial score (nSPS) is 19.1. The first-order valence-electron chi connectivity index (χ1n) is 9.61. The summed E-state index contributed by atoms with van der Waals surface area (Å²) in [5, 5.41) is 16.4. The van der Waals surface area contributed by atoms with Gasteiger partial charge in [0.1, 0.15) is 29.4 Å². The zero-order chi connectivity index (χ0) is 25.0. The maximum atomic E-state index is 12.9. The van der Waals surface area contributed by atoms with Crippen molar-refractivity contribution in [3.05, 3.63) is 22.3 Å². The number of hydrogen-bond donors (Lipinski definition) is 3. The Morgan fingerprint density at radius 2 is 2.06 bits per heavy atom. The summed E-state index contributed by atoms with van der Waals surface area (Å²) in [5.41, 5.74) is 5.12. The topological polar surface area (TPSA) is 200 Å². The number of fused-ring (bicyclic) bond motifs is 1. The van der Waals surface area contributed by atoms with Crippen molar-refractivity contribution in [2.24, 2.45) is 5.16 Å². The van der Waals surface area contributed by atoms with Gasteiger partial charge in [-0.2, -0.15) is 0 Å². The SMILES string of the molecule is CCOC(=O)ON=C(C(=O)NC1C(=O)N2C(C(=O)O)=C(COC(C)=O)CS[C@H]12)c1csc(N)n1.[Na]. The van der Waals surface area contributed by atoms with Crippen molar-refractivity contribution < 1.29 is 43.4 Å². The number of β-lactam (4-membered cyclic amide) rings is 1. The Kier molecular flexibility index (Phi) is 10.1. The van der Waals surface area contributed by atoms with Crippen molar-refractivity contribution in [2.75, 3.05) is 24.7 Å². The van der Waals surface area contributed by atoms with Gasteiger partial charge in [-0.1, -0.05) is 5.16 Å². The molecule has 2 atom stereocenters. The van der Waals surface area contributed by atoms with Crippen molar-refractivity contribution in [1.82, 2.24) is 15.2 Å². The molecule has 1 aromatic heterocycles. The van der Waals surface area contributed by atoms with Crippen molar-refractivity contribution in [2.45, 2.75) is 25.3 Å². The van der Waals surface area contributed by atoms with Gasteiger partial charge in [0.15, 0.2) is 10.8 Å². The number of carboxylic acids is 1. The Morgan fingerprint density at radius 3 is 2.63 bits per heavy atom. The first kappa shape index (κ1) is 28.6. The number of hydrogen-bond acceptors (Lipinski definition) is 13. The van der Waals surface area contributed by atoms with E-state index in [9.17, 15) is 29.1 Å². The summed E-state index contributed by atoms with van der Waals surface area (Å²) < 4.78 is 9.47. The summed E-state index contributed by atoms with van der Waals surface area (Å²) in [4.78, 5) is 69.5. The minimum absolute atomic E-state index is 0. The van der Waals surface area contributed by atoms with Crippen LogP contribution in [0.2, 0.25) is 0 Å². The molecule has 14 nitrogen and oxygen atoms in total. The Morgan fingerprint density at radius 1 is 1.34 bits per heavy atom. The monoisotopic (exact) mass is 536 g/mol. The molecule has 0 aromatic carbocycles. The van der Waals surface area contributed by atoms with Crippen LogP contribution in [0.1, 0.15) is 19.5 Å². The molecule has 3 rings (SSSR count). The smallest absolute Gasteiger partial charge is 0.477 e. The largest absolute Gasteiger partial charge is 0.535 e. The van der Waals surface area contributed by atoms with Crippen LogP contribution in [0.3, 0.4) is 0 Å². The maximum absolute atomic E-state index is 12.9. The third-order valence-electron chi connectivity index (χ3n) is 4.44. The minimum atomic E-state index is -1.37. The molecule has 2 amide bonds. The van der Waals surface area contributed by atoms with Gasteiger partial charge < -0.3 is 25.6 Å².